The number of benzene rings is 2. The van der Waals surface area contributed by atoms with Gasteiger partial charge in [0.2, 0.25) is 0 Å². The standard InChI is InChI=1S/C15H13ClF2O/c1-19-11-6-7-12(15(18)9-11)13(16)8-10-4-2-3-5-14(10)17/h2-7,9,13H,8H2,1H3. The second kappa shape index (κ2) is 6.02. The number of rotatable bonds is 4. The van der Waals surface area contributed by atoms with Gasteiger partial charge >= 0.3 is 0 Å². The van der Waals surface area contributed by atoms with E-state index in [1.165, 1.54) is 19.2 Å². The Morgan fingerprint density at radius 3 is 2.47 bits per heavy atom. The molecule has 1 unspecified atom stereocenters. The van der Waals surface area contributed by atoms with E-state index in [-0.39, 0.29) is 12.2 Å². The van der Waals surface area contributed by atoms with Crippen LogP contribution in [0.4, 0.5) is 8.78 Å². The Morgan fingerprint density at radius 2 is 1.84 bits per heavy atom. The van der Waals surface area contributed by atoms with E-state index in [9.17, 15) is 8.78 Å². The van der Waals surface area contributed by atoms with Crippen LogP contribution in [-0.4, -0.2) is 7.11 Å². The van der Waals surface area contributed by atoms with Crippen molar-refractivity contribution in [1.82, 2.24) is 0 Å². The van der Waals surface area contributed by atoms with E-state index >= 15 is 0 Å². The summed E-state index contributed by atoms with van der Waals surface area (Å²) in [7, 11) is 1.46. The Hall–Kier alpha value is -1.61. The summed E-state index contributed by atoms with van der Waals surface area (Å²) in [6.07, 6.45) is 0.234. The Bertz CT molecular complexity index is 572. The van der Waals surface area contributed by atoms with E-state index in [0.717, 1.165) is 0 Å². The SMILES string of the molecule is COc1ccc(C(Cl)Cc2ccccc2F)c(F)c1. The number of ether oxygens (including phenoxy) is 1. The molecule has 0 radical (unpaired) electrons. The molecule has 100 valence electrons. The maximum Gasteiger partial charge on any atom is 0.131 e. The minimum Gasteiger partial charge on any atom is -0.497 e. The van der Waals surface area contributed by atoms with Gasteiger partial charge in [0, 0.05) is 11.6 Å². The molecule has 0 fully saturated rings. The van der Waals surface area contributed by atoms with Crippen molar-refractivity contribution in [2.24, 2.45) is 0 Å². The minimum absolute atomic E-state index is 0.234. The number of hydrogen-bond acceptors (Lipinski definition) is 1. The van der Waals surface area contributed by atoms with Crippen LogP contribution in [0.3, 0.4) is 0 Å². The quantitative estimate of drug-likeness (QED) is 0.751. The monoisotopic (exact) mass is 282 g/mol. The highest BCUT2D eigenvalue weighted by molar-refractivity contribution is 6.20. The minimum atomic E-state index is -0.622. The molecule has 19 heavy (non-hydrogen) atoms. The normalized spacial score (nSPS) is 12.2. The van der Waals surface area contributed by atoms with Crippen molar-refractivity contribution in [3.8, 4) is 5.75 Å². The Morgan fingerprint density at radius 1 is 1.11 bits per heavy atom. The van der Waals surface area contributed by atoms with Gasteiger partial charge in [-0.1, -0.05) is 24.3 Å². The van der Waals surface area contributed by atoms with E-state index in [0.29, 0.717) is 16.9 Å². The fourth-order valence-corrected chi connectivity index (χ4v) is 2.20. The van der Waals surface area contributed by atoms with Crippen LogP contribution >= 0.6 is 11.6 Å². The third kappa shape index (κ3) is 3.24. The highest BCUT2D eigenvalue weighted by atomic mass is 35.5. The molecule has 4 heteroatoms. The largest absolute Gasteiger partial charge is 0.497 e. The fourth-order valence-electron chi connectivity index (χ4n) is 1.86. The van der Waals surface area contributed by atoms with Gasteiger partial charge in [0.05, 0.1) is 12.5 Å². The smallest absolute Gasteiger partial charge is 0.131 e. The van der Waals surface area contributed by atoms with E-state index in [1.807, 2.05) is 0 Å². The lowest BCUT2D eigenvalue weighted by Gasteiger charge is -2.12. The van der Waals surface area contributed by atoms with Crippen molar-refractivity contribution < 1.29 is 13.5 Å². The van der Waals surface area contributed by atoms with Crippen LogP contribution < -0.4 is 4.74 Å². The lowest BCUT2D eigenvalue weighted by Crippen LogP contribution is -2.01. The molecule has 2 rings (SSSR count). The molecule has 0 N–H and O–H groups in total. The average Bonchev–Trinajstić information content (AvgIpc) is 2.41. The Kier molecular flexibility index (Phi) is 4.38. The van der Waals surface area contributed by atoms with E-state index in [4.69, 9.17) is 16.3 Å². The summed E-state index contributed by atoms with van der Waals surface area (Å²) < 4.78 is 32.3. The highest BCUT2D eigenvalue weighted by Gasteiger charge is 2.16. The zero-order chi connectivity index (χ0) is 13.8. The molecule has 2 aromatic carbocycles. The fraction of sp³-hybridized carbons (Fsp3) is 0.200. The molecule has 0 bridgehead atoms. The number of halogens is 3. The Labute approximate surface area is 115 Å². The van der Waals surface area contributed by atoms with Crippen LogP contribution in [0.2, 0.25) is 0 Å². The first-order chi connectivity index (χ1) is 9.11. The lowest BCUT2D eigenvalue weighted by molar-refractivity contribution is 0.410. The summed E-state index contributed by atoms with van der Waals surface area (Å²) in [6, 6.07) is 10.8. The van der Waals surface area contributed by atoms with Crippen molar-refractivity contribution in [2.45, 2.75) is 11.8 Å². The third-order valence-corrected chi connectivity index (χ3v) is 3.29. The molecule has 0 aromatic heterocycles. The summed E-state index contributed by atoms with van der Waals surface area (Å²) in [5, 5.41) is -0.622. The number of methoxy groups -OCH3 is 1. The maximum absolute atomic E-state index is 13.8. The molecule has 0 aliphatic rings. The first-order valence-corrected chi connectivity index (χ1v) is 6.26. The van der Waals surface area contributed by atoms with Gasteiger partial charge in [0.25, 0.3) is 0 Å². The molecule has 0 saturated carbocycles. The maximum atomic E-state index is 13.8. The molecular formula is C15H13ClF2O. The number of hydrogen-bond donors (Lipinski definition) is 0. The summed E-state index contributed by atoms with van der Waals surface area (Å²) in [6.45, 7) is 0. The van der Waals surface area contributed by atoms with Gasteiger partial charge in [-0.25, -0.2) is 8.78 Å². The first kappa shape index (κ1) is 13.8. The van der Waals surface area contributed by atoms with Gasteiger partial charge in [-0.15, -0.1) is 11.6 Å². The summed E-state index contributed by atoms with van der Waals surface area (Å²) in [4.78, 5) is 0. The van der Waals surface area contributed by atoms with Crippen molar-refractivity contribution in [3.05, 3.63) is 65.2 Å². The molecule has 1 atom stereocenters. The summed E-state index contributed by atoms with van der Waals surface area (Å²) >= 11 is 6.17. The van der Waals surface area contributed by atoms with Gasteiger partial charge in [-0.05, 0) is 24.1 Å². The Balaban J connectivity index is 2.21. The summed E-state index contributed by atoms with van der Waals surface area (Å²) in [5.74, 6) is -0.353. The van der Waals surface area contributed by atoms with E-state index < -0.39 is 11.2 Å². The third-order valence-electron chi connectivity index (χ3n) is 2.90. The zero-order valence-corrected chi connectivity index (χ0v) is 11.1. The molecule has 1 nitrogen and oxygen atoms in total. The lowest BCUT2D eigenvalue weighted by atomic mass is 10.0. The van der Waals surface area contributed by atoms with Gasteiger partial charge < -0.3 is 4.74 Å². The summed E-state index contributed by atoms with van der Waals surface area (Å²) in [5.41, 5.74) is 0.809. The molecule has 0 amide bonds. The van der Waals surface area contributed by atoms with Crippen LogP contribution in [0.1, 0.15) is 16.5 Å². The van der Waals surface area contributed by atoms with Crippen LogP contribution in [0.15, 0.2) is 42.5 Å². The van der Waals surface area contributed by atoms with Crippen molar-refractivity contribution in [2.75, 3.05) is 7.11 Å². The van der Waals surface area contributed by atoms with Gasteiger partial charge in [-0.2, -0.15) is 0 Å². The van der Waals surface area contributed by atoms with Crippen LogP contribution in [0, 0.1) is 11.6 Å². The zero-order valence-electron chi connectivity index (χ0n) is 10.4. The predicted molar refractivity (Wildman–Crippen MR) is 71.7 cm³/mol. The average molecular weight is 283 g/mol. The van der Waals surface area contributed by atoms with Crippen molar-refractivity contribution in [1.29, 1.82) is 0 Å². The first-order valence-electron chi connectivity index (χ1n) is 5.82. The molecule has 0 aliphatic heterocycles. The molecule has 0 spiro atoms. The molecule has 2 aromatic rings. The second-order valence-electron chi connectivity index (χ2n) is 4.15. The topological polar surface area (TPSA) is 9.23 Å². The van der Waals surface area contributed by atoms with Gasteiger partial charge in [0.1, 0.15) is 17.4 Å². The van der Waals surface area contributed by atoms with Crippen LogP contribution in [0.25, 0.3) is 0 Å². The molecule has 0 aliphatic carbocycles. The van der Waals surface area contributed by atoms with E-state index in [1.54, 1.807) is 30.3 Å². The van der Waals surface area contributed by atoms with Gasteiger partial charge in [-0.3, -0.25) is 0 Å². The predicted octanol–water partition coefficient (Wildman–Crippen LogP) is 4.50. The highest BCUT2D eigenvalue weighted by Crippen LogP contribution is 2.29. The molecule has 0 saturated heterocycles. The molecule has 0 heterocycles. The van der Waals surface area contributed by atoms with E-state index in [2.05, 4.69) is 0 Å². The van der Waals surface area contributed by atoms with Gasteiger partial charge in [0.15, 0.2) is 0 Å². The second-order valence-corrected chi connectivity index (χ2v) is 4.68. The van der Waals surface area contributed by atoms with Crippen LogP contribution in [0.5, 0.6) is 5.75 Å². The van der Waals surface area contributed by atoms with Crippen molar-refractivity contribution >= 4 is 11.6 Å². The van der Waals surface area contributed by atoms with Crippen LogP contribution in [-0.2, 0) is 6.42 Å². The van der Waals surface area contributed by atoms with Crippen molar-refractivity contribution in [3.63, 3.8) is 0 Å². The molecular weight excluding hydrogens is 270 g/mol. The number of alkyl halides is 1.